The fourth-order valence-corrected chi connectivity index (χ4v) is 3.01. The predicted octanol–water partition coefficient (Wildman–Crippen LogP) is 2.77. The fraction of sp³-hybridized carbons (Fsp3) is 0.600. The molecule has 20 heavy (non-hydrogen) atoms. The van der Waals surface area contributed by atoms with Crippen molar-refractivity contribution in [1.82, 2.24) is 9.78 Å². The van der Waals surface area contributed by atoms with Gasteiger partial charge in [0, 0.05) is 6.54 Å². The Morgan fingerprint density at radius 1 is 1.60 bits per heavy atom. The molecule has 1 N–H and O–H groups in total. The summed E-state index contributed by atoms with van der Waals surface area (Å²) < 4.78 is 1.25. The lowest BCUT2D eigenvalue weighted by atomic mass is 9.82. The minimum atomic E-state index is -0.251. The smallest absolute Gasteiger partial charge is 0.292 e. The Balaban J connectivity index is 2.07. The van der Waals surface area contributed by atoms with Gasteiger partial charge < -0.3 is 5.32 Å². The predicted molar refractivity (Wildman–Crippen MR) is 82.0 cm³/mol. The van der Waals surface area contributed by atoms with Crippen LogP contribution in [0.1, 0.15) is 32.6 Å². The first-order chi connectivity index (χ1) is 9.61. The highest BCUT2D eigenvalue weighted by Crippen LogP contribution is 2.29. The summed E-state index contributed by atoms with van der Waals surface area (Å²) in [4.78, 5) is 12.2. The van der Waals surface area contributed by atoms with E-state index in [-0.39, 0.29) is 12.1 Å². The number of nitrogens with one attached hydrogen (secondary N) is 1. The molecular weight excluding hydrogens is 274 g/mol. The van der Waals surface area contributed by atoms with Gasteiger partial charge in [0.2, 0.25) is 0 Å². The molecule has 1 heterocycles. The number of hydrogen-bond acceptors (Lipinski definition) is 3. The van der Waals surface area contributed by atoms with Gasteiger partial charge in [-0.2, -0.15) is 5.10 Å². The van der Waals surface area contributed by atoms with E-state index in [0.29, 0.717) is 16.6 Å². The first kappa shape index (κ1) is 14.9. The maximum absolute atomic E-state index is 12.2. The number of terminal acetylenes is 1. The molecule has 1 saturated carbocycles. The molecule has 5 heteroatoms. The standard InChI is InChI=1S/C15H20ClN3O/c1-3-7-19-15(20)14(13(16)10-18-19)17-9-12-6-4-5-11(2)8-12/h1,10-12,17H,4-9H2,2H3. The van der Waals surface area contributed by atoms with Gasteiger partial charge in [0.1, 0.15) is 12.2 Å². The minimum Gasteiger partial charge on any atom is -0.379 e. The van der Waals surface area contributed by atoms with E-state index >= 15 is 0 Å². The summed E-state index contributed by atoms with van der Waals surface area (Å²) >= 11 is 6.06. The molecule has 0 bridgehead atoms. The molecule has 2 unspecified atom stereocenters. The van der Waals surface area contributed by atoms with E-state index < -0.39 is 0 Å². The molecule has 108 valence electrons. The molecule has 4 nitrogen and oxygen atoms in total. The van der Waals surface area contributed by atoms with Crippen LogP contribution in [-0.4, -0.2) is 16.3 Å². The second kappa shape index (κ2) is 6.81. The SMILES string of the molecule is C#CCn1ncc(Cl)c(NCC2CCCC(C)C2)c1=O. The van der Waals surface area contributed by atoms with Gasteiger partial charge in [-0.05, 0) is 24.7 Å². The minimum absolute atomic E-state index is 0.158. The number of anilines is 1. The molecule has 0 spiro atoms. The molecule has 0 radical (unpaired) electrons. The Labute approximate surface area is 124 Å². The van der Waals surface area contributed by atoms with Crippen molar-refractivity contribution in [2.45, 2.75) is 39.2 Å². The molecule has 1 aliphatic carbocycles. The highest BCUT2D eigenvalue weighted by Gasteiger charge is 2.19. The van der Waals surface area contributed by atoms with Crippen LogP contribution in [0.3, 0.4) is 0 Å². The van der Waals surface area contributed by atoms with Crippen LogP contribution >= 0.6 is 11.6 Å². The average Bonchev–Trinajstić information content (AvgIpc) is 2.42. The lowest BCUT2D eigenvalue weighted by Gasteiger charge is -2.27. The normalized spacial score (nSPS) is 22.2. The molecule has 2 atom stereocenters. The van der Waals surface area contributed by atoms with Gasteiger partial charge in [-0.25, -0.2) is 4.68 Å². The third kappa shape index (κ3) is 3.55. The molecule has 0 aliphatic heterocycles. The highest BCUT2D eigenvalue weighted by atomic mass is 35.5. The van der Waals surface area contributed by atoms with E-state index in [2.05, 4.69) is 23.3 Å². The van der Waals surface area contributed by atoms with E-state index in [1.165, 1.54) is 36.6 Å². The average molecular weight is 294 g/mol. The maximum atomic E-state index is 12.2. The van der Waals surface area contributed by atoms with Crippen LogP contribution in [-0.2, 0) is 6.54 Å². The van der Waals surface area contributed by atoms with Crippen LogP contribution in [0.25, 0.3) is 0 Å². The van der Waals surface area contributed by atoms with Crippen LogP contribution in [0.5, 0.6) is 0 Å². The zero-order chi connectivity index (χ0) is 14.5. The molecule has 1 aliphatic rings. The van der Waals surface area contributed by atoms with Crippen LogP contribution in [0, 0.1) is 24.2 Å². The monoisotopic (exact) mass is 293 g/mol. The zero-order valence-electron chi connectivity index (χ0n) is 11.7. The quantitative estimate of drug-likeness (QED) is 0.868. The summed E-state index contributed by atoms with van der Waals surface area (Å²) in [6.07, 6.45) is 11.7. The van der Waals surface area contributed by atoms with Gasteiger partial charge in [0.15, 0.2) is 0 Å². The van der Waals surface area contributed by atoms with Gasteiger partial charge in [-0.3, -0.25) is 4.79 Å². The highest BCUT2D eigenvalue weighted by molar-refractivity contribution is 6.32. The van der Waals surface area contributed by atoms with E-state index in [4.69, 9.17) is 18.0 Å². The maximum Gasteiger partial charge on any atom is 0.292 e. The molecule has 1 fully saturated rings. The van der Waals surface area contributed by atoms with Crippen molar-refractivity contribution in [3.8, 4) is 12.3 Å². The zero-order valence-corrected chi connectivity index (χ0v) is 12.5. The molecule has 0 saturated heterocycles. The lowest BCUT2D eigenvalue weighted by molar-refractivity contribution is 0.293. The Hall–Kier alpha value is -1.47. The molecule has 1 aromatic rings. The fourth-order valence-electron chi connectivity index (χ4n) is 2.82. The van der Waals surface area contributed by atoms with E-state index in [1.54, 1.807) is 0 Å². The number of halogens is 1. The van der Waals surface area contributed by atoms with Crippen molar-refractivity contribution in [2.24, 2.45) is 11.8 Å². The third-order valence-electron chi connectivity index (χ3n) is 3.85. The molecular formula is C15H20ClN3O. The van der Waals surface area contributed by atoms with E-state index in [1.807, 2.05) is 0 Å². The van der Waals surface area contributed by atoms with Crippen molar-refractivity contribution in [2.75, 3.05) is 11.9 Å². The van der Waals surface area contributed by atoms with Crippen molar-refractivity contribution in [1.29, 1.82) is 0 Å². The third-order valence-corrected chi connectivity index (χ3v) is 4.14. The van der Waals surface area contributed by atoms with Crippen LogP contribution < -0.4 is 10.9 Å². The number of aromatic nitrogens is 2. The van der Waals surface area contributed by atoms with Crippen molar-refractivity contribution in [3.63, 3.8) is 0 Å². The van der Waals surface area contributed by atoms with E-state index in [0.717, 1.165) is 12.5 Å². The van der Waals surface area contributed by atoms with Crippen molar-refractivity contribution in [3.05, 3.63) is 21.6 Å². The van der Waals surface area contributed by atoms with Crippen LogP contribution in [0.4, 0.5) is 5.69 Å². The summed E-state index contributed by atoms with van der Waals surface area (Å²) in [6, 6.07) is 0. The molecule has 2 rings (SSSR count). The van der Waals surface area contributed by atoms with Gasteiger partial charge in [-0.1, -0.05) is 37.3 Å². The molecule has 1 aromatic heterocycles. The number of hydrogen-bond donors (Lipinski definition) is 1. The molecule has 0 amide bonds. The van der Waals surface area contributed by atoms with Crippen molar-refractivity contribution < 1.29 is 0 Å². The van der Waals surface area contributed by atoms with Gasteiger partial charge >= 0.3 is 0 Å². The van der Waals surface area contributed by atoms with Crippen LogP contribution in [0.2, 0.25) is 5.02 Å². The Bertz CT molecular complexity index is 561. The van der Waals surface area contributed by atoms with E-state index in [9.17, 15) is 4.79 Å². The Morgan fingerprint density at radius 2 is 2.40 bits per heavy atom. The van der Waals surface area contributed by atoms with Crippen molar-refractivity contribution >= 4 is 17.3 Å². The second-order valence-corrected chi connectivity index (χ2v) is 5.96. The number of rotatable bonds is 4. The first-order valence-corrected chi connectivity index (χ1v) is 7.42. The summed E-state index contributed by atoms with van der Waals surface area (Å²) in [7, 11) is 0. The van der Waals surface area contributed by atoms with Crippen LogP contribution in [0.15, 0.2) is 11.0 Å². The largest absolute Gasteiger partial charge is 0.379 e. The summed E-state index contributed by atoms with van der Waals surface area (Å²) in [5, 5.41) is 7.48. The van der Waals surface area contributed by atoms with Gasteiger partial charge in [-0.15, -0.1) is 6.42 Å². The summed E-state index contributed by atoms with van der Waals surface area (Å²) in [5.74, 6) is 3.78. The van der Waals surface area contributed by atoms with Gasteiger partial charge in [0.05, 0.1) is 11.2 Å². The number of nitrogens with zero attached hydrogens (tertiary/aromatic N) is 2. The lowest BCUT2D eigenvalue weighted by Crippen LogP contribution is -2.28. The Kier molecular flexibility index (Phi) is 5.08. The topological polar surface area (TPSA) is 46.9 Å². The Morgan fingerprint density at radius 3 is 3.10 bits per heavy atom. The van der Waals surface area contributed by atoms with Gasteiger partial charge in [0.25, 0.3) is 5.56 Å². The second-order valence-electron chi connectivity index (χ2n) is 5.55. The summed E-state index contributed by atoms with van der Waals surface area (Å²) in [6.45, 7) is 3.22. The molecule has 0 aromatic carbocycles. The summed E-state index contributed by atoms with van der Waals surface area (Å²) in [5.41, 5.74) is 0.162. The first-order valence-electron chi connectivity index (χ1n) is 7.04.